The second-order valence-corrected chi connectivity index (χ2v) is 6.77. The molecular formula is C13H17ClN4O2S. The molecule has 8 heteroatoms. The van der Waals surface area contributed by atoms with Gasteiger partial charge in [0.15, 0.2) is 5.03 Å². The Morgan fingerprint density at radius 2 is 1.95 bits per heavy atom. The summed E-state index contributed by atoms with van der Waals surface area (Å²) in [5.74, 6) is 0. The molecule has 0 unspecified atom stereocenters. The molecule has 0 atom stereocenters. The minimum atomic E-state index is -3.79. The van der Waals surface area contributed by atoms with E-state index in [0.717, 1.165) is 0 Å². The average molecular weight is 329 g/mol. The van der Waals surface area contributed by atoms with Gasteiger partial charge in [0, 0.05) is 19.3 Å². The van der Waals surface area contributed by atoms with Crippen molar-refractivity contribution in [3.8, 4) is 0 Å². The lowest BCUT2D eigenvalue weighted by atomic mass is 10.3. The monoisotopic (exact) mass is 328 g/mol. The van der Waals surface area contributed by atoms with Gasteiger partial charge < -0.3 is 5.73 Å². The van der Waals surface area contributed by atoms with Crippen molar-refractivity contribution >= 4 is 33.0 Å². The molecule has 21 heavy (non-hydrogen) atoms. The van der Waals surface area contributed by atoms with E-state index in [1.807, 2.05) is 6.92 Å². The molecule has 1 aromatic carbocycles. The molecule has 0 spiro atoms. The minimum Gasteiger partial charge on any atom is -0.399 e. The number of halogens is 1. The van der Waals surface area contributed by atoms with Crippen LogP contribution in [0.1, 0.15) is 13.3 Å². The summed E-state index contributed by atoms with van der Waals surface area (Å²) >= 11 is 5.98. The van der Waals surface area contributed by atoms with E-state index in [1.165, 1.54) is 15.2 Å². The van der Waals surface area contributed by atoms with Crippen molar-refractivity contribution in [3.05, 3.63) is 35.5 Å². The molecule has 6 nitrogen and oxygen atoms in total. The van der Waals surface area contributed by atoms with Gasteiger partial charge in [0.2, 0.25) is 0 Å². The van der Waals surface area contributed by atoms with Gasteiger partial charge in [0.25, 0.3) is 10.0 Å². The van der Waals surface area contributed by atoms with E-state index in [9.17, 15) is 8.42 Å². The van der Waals surface area contributed by atoms with Gasteiger partial charge in [-0.3, -0.25) is 8.99 Å². The van der Waals surface area contributed by atoms with E-state index in [2.05, 4.69) is 5.10 Å². The first kappa shape index (κ1) is 15.7. The van der Waals surface area contributed by atoms with Crippen LogP contribution in [0.3, 0.4) is 0 Å². The van der Waals surface area contributed by atoms with Gasteiger partial charge in [-0.2, -0.15) is 13.5 Å². The van der Waals surface area contributed by atoms with Crippen molar-refractivity contribution in [1.82, 2.24) is 9.78 Å². The molecule has 2 rings (SSSR count). The zero-order valence-electron chi connectivity index (χ0n) is 11.8. The van der Waals surface area contributed by atoms with Crippen molar-refractivity contribution in [2.75, 3.05) is 16.6 Å². The molecule has 1 aromatic heterocycles. The van der Waals surface area contributed by atoms with E-state index in [1.54, 1.807) is 31.3 Å². The van der Waals surface area contributed by atoms with Crippen LogP contribution in [0.2, 0.25) is 5.02 Å². The number of nitrogens with two attached hydrogens (primary N) is 1. The van der Waals surface area contributed by atoms with Gasteiger partial charge in [-0.25, -0.2) is 0 Å². The lowest BCUT2D eigenvalue weighted by Gasteiger charge is -2.24. The van der Waals surface area contributed by atoms with Crippen LogP contribution < -0.4 is 10.0 Å². The molecule has 0 aliphatic rings. The quantitative estimate of drug-likeness (QED) is 0.854. The van der Waals surface area contributed by atoms with E-state index in [0.29, 0.717) is 24.3 Å². The van der Waals surface area contributed by atoms with Gasteiger partial charge in [0.1, 0.15) is 0 Å². The molecule has 2 N–H and O–H groups in total. The van der Waals surface area contributed by atoms with Crippen LogP contribution >= 0.6 is 11.6 Å². The number of benzene rings is 1. The SMILES string of the molecule is CCCN(c1ccc(N)cc1)S(=O)(=O)c1c(Cl)cnn1C. The Bertz CT molecular complexity index is 706. The Labute approximate surface area is 129 Å². The number of aryl methyl sites for hydroxylation is 1. The minimum absolute atomic E-state index is 0.0190. The van der Waals surface area contributed by atoms with Crippen LogP contribution in [-0.4, -0.2) is 24.7 Å². The fourth-order valence-electron chi connectivity index (χ4n) is 2.03. The molecule has 0 aliphatic heterocycles. The van der Waals surface area contributed by atoms with Crippen molar-refractivity contribution in [1.29, 1.82) is 0 Å². The molecule has 2 aromatic rings. The summed E-state index contributed by atoms with van der Waals surface area (Å²) in [6, 6.07) is 6.68. The molecule has 0 saturated heterocycles. The van der Waals surface area contributed by atoms with Crippen molar-refractivity contribution in [3.63, 3.8) is 0 Å². The first-order chi connectivity index (χ1) is 9.87. The number of nitrogens with zero attached hydrogens (tertiary/aromatic N) is 3. The van der Waals surface area contributed by atoms with Crippen LogP contribution in [0.25, 0.3) is 0 Å². The van der Waals surface area contributed by atoms with Gasteiger partial charge in [-0.15, -0.1) is 0 Å². The molecule has 0 fully saturated rings. The van der Waals surface area contributed by atoms with E-state index in [-0.39, 0.29) is 10.0 Å². The molecule has 114 valence electrons. The van der Waals surface area contributed by atoms with Crippen LogP contribution in [0.15, 0.2) is 35.5 Å². The van der Waals surface area contributed by atoms with Crippen LogP contribution in [0.5, 0.6) is 0 Å². The third kappa shape index (κ3) is 2.98. The summed E-state index contributed by atoms with van der Waals surface area (Å²) in [4.78, 5) is 0. The third-order valence-electron chi connectivity index (χ3n) is 2.98. The second-order valence-electron chi connectivity index (χ2n) is 4.59. The normalized spacial score (nSPS) is 11.6. The van der Waals surface area contributed by atoms with Gasteiger partial charge in [-0.05, 0) is 30.7 Å². The highest BCUT2D eigenvalue weighted by Gasteiger charge is 2.30. The topological polar surface area (TPSA) is 81.2 Å². The number of rotatable bonds is 5. The molecule has 0 saturated carbocycles. The Kier molecular flexibility index (Phi) is 4.43. The van der Waals surface area contributed by atoms with Crippen molar-refractivity contribution in [2.24, 2.45) is 7.05 Å². The zero-order chi connectivity index (χ0) is 15.6. The third-order valence-corrected chi connectivity index (χ3v) is 5.32. The summed E-state index contributed by atoms with van der Waals surface area (Å²) < 4.78 is 28.3. The molecule has 0 bridgehead atoms. The smallest absolute Gasteiger partial charge is 0.283 e. The van der Waals surface area contributed by atoms with E-state index < -0.39 is 10.0 Å². The zero-order valence-corrected chi connectivity index (χ0v) is 13.4. The molecule has 1 heterocycles. The van der Waals surface area contributed by atoms with Gasteiger partial charge >= 0.3 is 0 Å². The predicted molar refractivity (Wildman–Crippen MR) is 83.9 cm³/mol. The van der Waals surface area contributed by atoms with Crippen LogP contribution in [0.4, 0.5) is 11.4 Å². The predicted octanol–water partition coefficient (Wildman–Crippen LogP) is 2.26. The maximum Gasteiger partial charge on any atom is 0.283 e. The summed E-state index contributed by atoms with van der Waals surface area (Å²) in [7, 11) is -2.24. The lowest BCUT2D eigenvalue weighted by molar-refractivity contribution is 0.571. The highest BCUT2D eigenvalue weighted by molar-refractivity contribution is 7.92. The number of hydrogen-bond acceptors (Lipinski definition) is 4. The van der Waals surface area contributed by atoms with Crippen molar-refractivity contribution < 1.29 is 8.42 Å². The second kappa shape index (κ2) is 5.95. The van der Waals surface area contributed by atoms with E-state index in [4.69, 9.17) is 17.3 Å². The molecular weight excluding hydrogens is 312 g/mol. The number of aromatic nitrogens is 2. The average Bonchev–Trinajstić information content (AvgIpc) is 2.77. The maximum atomic E-state index is 12.9. The van der Waals surface area contributed by atoms with E-state index >= 15 is 0 Å². The Balaban J connectivity index is 2.54. The van der Waals surface area contributed by atoms with Gasteiger partial charge in [0.05, 0.1) is 16.9 Å². The fraction of sp³-hybridized carbons (Fsp3) is 0.308. The first-order valence-electron chi connectivity index (χ1n) is 6.43. The largest absolute Gasteiger partial charge is 0.399 e. The summed E-state index contributed by atoms with van der Waals surface area (Å²) in [5.41, 5.74) is 6.77. The fourth-order valence-corrected chi connectivity index (χ4v) is 4.20. The molecule has 0 radical (unpaired) electrons. The summed E-state index contributed by atoms with van der Waals surface area (Å²) in [6.45, 7) is 2.25. The Morgan fingerprint density at radius 3 is 2.43 bits per heavy atom. The number of nitrogen functional groups attached to an aromatic ring is 1. The summed E-state index contributed by atoms with van der Waals surface area (Å²) in [5, 5.41) is 3.98. The summed E-state index contributed by atoms with van der Waals surface area (Å²) in [6.07, 6.45) is 1.99. The number of sulfonamides is 1. The van der Waals surface area contributed by atoms with Gasteiger partial charge in [-0.1, -0.05) is 18.5 Å². The Morgan fingerprint density at radius 1 is 1.33 bits per heavy atom. The first-order valence-corrected chi connectivity index (χ1v) is 8.25. The highest BCUT2D eigenvalue weighted by atomic mass is 35.5. The highest BCUT2D eigenvalue weighted by Crippen LogP contribution is 2.28. The Hall–Kier alpha value is -1.73. The molecule has 0 aliphatic carbocycles. The number of hydrogen-bond donors (Lipinski definition) is 1. The van der Waals surface area contributed by atoms with Crippen molar-refractivity contribution in [2.45, 2.75) is 18.4 Å². The maximum absolute atomic E-state index is 12.9. The van der Waals surface area contributed by atoms with Crippen LogP contribution in [-0.2, 0) is 17.1 Å². The standard InChI is InChI=1S/C13H17ClN4O2S/c1-3-8-18(11-6-4-10(15)5-7-11)21(19,20)13-12(14)9-16-17(13)2/h4-7,9H,3,8,15H2,1-2H3. The van der Waals surface area contributed by atoms with Crippen LogP contribution in [0, 0.1) is 0 Å². The molecule has 0 amide bonds. The lowest BCUT2D eigenvalue weighted by Crippen LogP contribution is -2.33. The number of anilines is 2.